The fourth-order valence-electron chi connectivity index (χ4n) is 3.38. The lowest BCUT2D eigenvalue weighted by Gasteiger charge is -2.27. The maximum Gasteiger partial charge on any atom is 0.255 e. The van der Waals surface area contributed by atoms with Crippen molar-refractivity contribution in [2.75, 3.05) is 5.73 Å². The second-order valence-corrected chi connectivity index (χ2v) is 6.37. The molecule has 0 spiro atoms. The van der Waals surface area contributed by atoms with E-state index >= 15 is 0 Å². The van der Waals surface area contributed by atoms with Crippen molar-refractivity contribution >= 4 is 11.9 Å². The van der Waals surface area contributed by atoms with Crippen LogP contribution in [0.4, 0.5) is 10.3 Å². The minimum absolute atomic E-state index is 0.145. The van der Waals surface area contributed by atoms with Crippen LogP contribution in [0.5, 0.6) is 0 Å². The lowest BCUT2D eigenvalue weighted by Crippen LogP contribution is -2.36. The molecule has 130 valence electrons. The topological polar surface area (TPSA) is 80.9 Å². The molecule has 1 aliphatic rings. The van der Waals surface area contributed by atoms with Crippen molar-refractivity contribution in [1.29, 1.82) is 0 Å². The molecule has 1 atom stereocenters. The summed E-state index contributed by atoms with van der Waals surface area (Å²) < 4.78 is 13.8. The van der Waals surface area contributed by atoms with Crippen molar-refractivity contribution in [3.8, 4) is 11.1 Å². The van der Waals surface area contributed by atoms with Crippen molar-refractivity contribution < 1.29 is 9.18 Å². The predicted molar refractivity (Wildman–Crippen MR) is 96.9 cm³/mol. The maximum absolute atomic E-state index is 13.8. The quantitative estimate of drug-likeness (QED) is 0.745. The SMILES string of the molecule is Cc1ccc(F)cc1-c1ccccc1[C@H]1Cc2nc(N)ncc2C(=O)N1. The Kier molecular flexibility index (Phi) is 3.88. The molecule has 4 rings (SSSR count). The summed E-state index contributed by atoms with van der Waals surface area (Å²) in [5, 5.41) is 3.00. The number of nitrogen functional groups attached to an aromatic ring is 1. The standard InChI is InChI=1S/C20H17FN4O/c1-11-6-7-12(21)8-15(11)13-4-2-3-5-14(13)17-9-18-16(19(26)24-17)10-23-20(22)25-18/h2-8,10,17H,9H2,1H3,(H,24,26)(H2,22,23,25)/t17-/m1/s1. The summed E-state index contributed by atoms with van der Waals surface area (Å²) in [6.07, 6.45) is 1.95. The van der Waals surface area contributed by atoms with Gasteiger partial charge in [0.15, 0.2) is 0 Å². The smallest absolute Gasteiger partial charge is 0.255 e. The van der Waals surface area contributed by atoms with Crippen LogP contribution in [0.25, 0.3) is 11.1 Å². The Labute approximate surface area is 150 Å². The highest BCUT2D eigenvalue weighted by atomic mass is 19.1. The molecule has 0 aliphatic carbocycles. The number of aromatic nitrogens is 2. The molecule has 0 radical (unpaired) electrons. The third kappa shape index (κ3) is 2.79. The summed E-state index contributed by atoms with van der Waals surface area (Å²) in [7, 11) is 0. The molecule has 1 amide bonds. The number of nitrogens with two attached hydrogens (primary N) is 1. The van der Waals surface area contributed by atoms with E-state index in [-0.39, 0.29) is 23.7 Å². The molecule has 0 saturated heterocycles. The van der Waals surface area contributed by atoms with Crippen LogP contribution in [0.15, 0.2) is 48.7 Å². The van der Waals surface area contributed by atoms with Gasteiger partial charge in [0.25, 0.3) is 5.91 Å². The Balaban J connectivity index is 1.80. The van der Waals surface area contributed by atoms with E-state index in [9.17, 15) is 9.18 Å². The predicted octanol–water partition coefficient (Wildman–Crippen LogP) is 3.20. The van der Waals surface area contributed by atoms with Gasteiger partial charge in [-0.1, -0.05) is 30.3 Å². The van der Waals surface area contributed by atoms with Gasteiger partial charge in [-0.15, -0.1) is 0 Å². The number of carbonyl (C=O) groups is 1. The summed E-state index contributed by atoms with van der Waals surface area (Å²) >= 11 is 0. The average molecular weight is 348 g/mol. The lowest BCUT2D eigenvalue weighted by molar-refractivity contribution is 0.0923. The molecule has 1 aromatic heterocycles. The van der Waals surface area contributed by atoms with E-state index in [2.05, 4.69) is 15.3 Å². The molecule has 0 bridgehead atoms. The number of anilines is 1. The summed E-state index contributed by atoms with van der Waals surface area (Å²) in [5.74, 6) is -0.382. The van der Waals surface area contributed by atoms with Crippen LogP contribution >= 0.6 is 0 Å². The summed E-state index contributed by atoms with van der Waals surface area (Å²) in [6.45, 7) is 1.94. The Morgan fingerprint density at radius 2 is 1.96 bits per heavy atom. The Hall–Kier alpha value is -3.28. The molecule has 1 aliphatic heterocycles. The van der Waals surface area contributed by atoms with Crippen LogP contribution in [-0.4, -0.2) is 15.9 Å². The molecular formula is C20H17FN4O. The van der Waals surface area contributed by atoms with Gasteiger partial charge in [0.05, 0.1) is 17.3 Å². The molecule has 3 aromatic rings. The third-order valence-electron chi connectivity index (χ3n) is 4.66. The minimum atomic E-state index is -0.293. The zero-order chi connectivity index (χ0) is 18.3. The Morgan fingerprint density at radius 3 is 2.81 bits per heavy atom. The number of nitrogens with zero attached hydrogens (tertiary/aromatic N) is 2. The number of fused-ring (bicyclic) bond motifs is 1. The molecule has 2 aromatic carbocycles. The molecule has 2 heterocycles. The number of nitrogens with one attached hydrogen (secondary N) is 1. The van der Waals surface area contributed by atoms with Crippen LogP contribution in [0, 0.1) is 12.7 Å². The molecule has 3 N–H and O–H groups in total. The number of rotatable bonds is 2. The van der Waals surface area contributed by atoms with E-state index in [4.69, 9.17) is 5.73 Å². The first-order valence-electron chi connectivity index (χ1n) is 8.30. The van der Waals surface area contributed by atoms with Crippen LogP contribution in [-0.2, 0) is 6.42 Å². The van der Waals surface area contributed by atoms with Gasteiger partial charge in [0, 0.05) is 12.6 Å². The lowest BCUT2D eigenvalue weighted by atomic mass is 9.88. The van der Waals surface area contributed by atoms with E-state index < -0.39 is 0 Å². The number of hydrogen-bond donors (Lipinski definition) is 2. The largest absolute Gasteiger partial charge is 0.368 e. The Morgan fingerprint density at radius 1 is 1.15 bits per heavy atom. The van der Waals surface area contributed by atoms with Gasteiger partial charge in [-0.05, 0) is 41.3 Å². The average Bonchev–Trinajstić information content (AvgIpc) is 2.63. The minimum Gasteiger partial charge on any atom is -0.368 e. The van der Waals surface area contributed by atoms with Gasteiger partial charge in [-0.25, -0.2) is 14.4 Å². The van der Waals surface area contributed by atoms with E-state index in [1.807, 2.05) is 31.2 Å². The van der Waals surface area contributed by atoms with Gasteiger partial charge in [-0.3, -0.25) is 4.79 Å². The van der Waals surface area contributed by atoms with Crippen LogP contribution in [0.1, 0.15) is 33.2 Å². The van der Waals surface area contributed by atoms with Crippen LogP contribution < -0.4 is 11.1 Å². The summed E-state index contributed by atoms with van der Waals surface area (Å²) in [5.41, 5.74) is 10.3. The van der Waals surface area contributed by atoms with Gasteiger partial charge in [0.1, 0.15) is 5.82 Å². The second-order valence-electron chi connectivity index (χ2n) is 6.37. The maximum atomic E-state index is 13.8. The van der Waals surface area contributed by atoms with Crippen molar-refractivity contribution in [2.24, 2.45) is 0 Å². The molecule has 0 saturated carbocycles. The van der Waals surface area contributed by atoms with Crippen molar-refractivity contribution in [1.82, 2.24) is 15.3 Å². The van der Waals surface area contributed by atoms with Crippen molar-refractivity contribution in [2.45, 2.75) is 19.4 Å². The molecule has 0 unspecified atom stereocenters. The van der Waals surface area contributed by atoms with Gasteiger partial charge >= 0.3 is 0 Å². The van der Waals surface area contributed by atoms with Gasteiger partial charge in [0.2, 0.25) is 5.95 Å². The molecule has 6 heteroatoms. The fraction of sp³-hybridized carbons (Fsp3) is 0.150. The van der Waals surface area contributed by atoms with E-state index in [0.717, 1.165) is 22.3 Å². The van der Waals surface area contributed by atoms with E-state index in [1.165, 1.54) is 18.3 Å². The zero-order valence-electron chi connectivity index (χ0n) is 14.2. The first-order chi connectivity index (χ1) is 12.5. The van der Waals surface area contributed by atoms with Crippen LogP contribution in [0.2, 0.25) is 0 Å². The third-order valence-corrected chi connectivity index (χ3v) is 4.66. The molecular weight excluding hydrogens is 331 g/mol. The van der Waals surface area contributed by atoms with E-state index in [1.54, 1.807) is 6.07 Å². The Bertz CT molecular complexity index is 1020. The summed E-state index contributed by atoms with van der Waals surface area (Å²) in [6, 6.07) is 12.1. The number of halogens is 1. The highest BCUT2D eigenvalue weighted by molar-refractivity contribution is 5.96. The zero-order valence-corrected chi connectivity index (χ0v) is 14.2. The first-order valence-corrected chi connectivity index (χ1v) is 8.30. The fourth-order valence-corrected chi connectivity index (χ4v) is 3.38. The highest BCUT2D eigenvalue weighted by Crippen LogP contribution is 2.34. The normalized spacial score (nSPS) is 16.1. The number of hydrogen-bond acceptors (Lipinski definition) is 4. The number of benzene rings is 2. The number of carbonyl (C=O) groups excluding carboxylic acids is 1. The van der Waals surface area contributed by atoms with Crippen molar-refractivity contribution in [3.05, 3.63) is 76.9 Å². The molecule has 0 fully saturated rings. The molecule has 5 nitrogen and oxygen atoms in total. The van der Waals surface area contributed by atoms with Crippen LogP contribution in [0.3, 0.4) is 0 Å². The number of aryl methyl sites for hydroxylation is 1. The second kappa shape index (κ2) is 6.22. The number of amides is 1. The van der Waals surface area contributed by atoms with Gasteiger partial charge < -0.3 is 11.1 Å². The van der Waals surface area contributed by atoms with Gasteiger partial charge in [-0.2, -0.15) is 0 Å². The monoisotopic (exact) mass is 348 g/mol. The summed E-state index contributed by atoms with van der Waals surface area (Å²) in [4.78, 5) is 20.6. The molecule has 26 heavy (non-hydrogen) atoms. The first kappa shape index (κ1) is 16.2. The van der Waals surface area contributed by atoms with Crippen molar-refractivity contribution in [3.63, 3.8) is 0 Å². The van der Waals surface area contributed by atoms with E-state index in [0.29, 0.717) is 17.7 Å². The highest BCUT2D eigenvalue weighted by Gasteiger charge is 2.28.